The first-order chi connectivity index (χ1) is 3.56. The standard InChI is InChI=1S/C7H15N/c1-5-8-6-7(2,3)4/h6H,5H2,1-4H3/b8-6-. The van der Waals surface area contributed by atoms with Crippen LogP contribution in [0.1, 0.15) is 27.7 Å². The van der Waals surface area contributed by atoms with Crippen LogP contribution in [0.25, 0.3) is 0 Å². The summed E-state index contributed by atoms with van der Waals surface area (Å²) in [4.78, 5) is 4.12. The van der Waals surface area contributed by atoms with Crippen LogP contribution < -0.4 is 0 Å². The molecule has 0 atom stereocenters. The predicted octanol–water partition coefficient (Wildman–Crippen LogP) is 2.12. The van der Waals surface area contributed by atoms with Crippen LogP contribution in [0, 0.1) is 5.41 Å². The average molecular weight is 113 g/mol. The van der Waals surface area contributed by atoms with E-state index in [2.05, 4.69) is 25.8 Å². The Morgan fingerprint density at radius 2 is 1.88 bits per heavy atom. The van der Waals surface area contributed by atoms with E-state index in [1.165, 1.54) is 0 Å². The van der Waals surface area contributed by atoms with E-state index >= 15 is 0 Å². The molecule has 0 heterocycles. The van der Waals surface area contributed by atoms with Gasteiger partial charge in [-0.15, -0.1) is 0 Å². The summed E-state index contributed by atoms with van der Waals surface area (Å²) in [7, 11) is 0. The van der Waals surface area contributed by atoms with E-state index < -0.39 is 0 Å². The van der Waals surface area contributed by atoms with E-state index in [1.54, 1.807) is 0 Å². The Morgan fingerprint density at radius 1 is 1.38 bits per heavy atom. The molecule has 1 heteroatoms. The SMILES string of the molecule is CC/N=C\C(C)(C)C. The Balaban J connectivity index is 3.52. The monoisotopic (exact) mass is 113 g/mol. The highest BCUT2D eigenvalue weighted by molar-refractivity contribution is 5.63. The molecule has 0 fully saturated rings. The molecule has 0 saturated heterocycles. The zero-order chi connectivity index (χ0) is 6.62. The van der Waals surface area contributed by atoms with Crippen molar-refractivity contribution in [2.45, 2.75) is 27.7 Å². The van der Waals surface area contributed by atoms with Gasteiger partial charge in [0.15, 0.2) is 0 Å². The lowest BCUT2D eigenvalue weighted by atomic mass is 9.99. The van der Waals surface area contributed by atoms with E-state index in [1.807, 2.05) is 13.1 Å². The minimum absolute atomic E-state index is 0.260. The third kappa shape index (κ3) is 5.67. The van der Waals surface area contributed by atoms with Gasteiger partial charge in [-0.2, -0.15) is 0 Å². The summed E-state index contributed by atoms with van der Waals surface area (Å²) >= 11 is 0. The highest BCUT2D eigenvalue weighted by Crippen LogP contribution is 2.07. The summed E-state index contributed by atoms with van der Waals surface area (Å²) in [6.45, 7) is 9.38. The van der Waals surface area contributed by atoms with Gasteiger partial charge in [-0.3, -0.25) is 4.99 Å². The average Bonchev–Trinajstić information content (AvgIpc) is 1.59. The van der Waals surface area contributed by atoms with Gasteiger partial charge in [0.25, 0.3) is 0 Å². The van der Waals surface area contributed by atoms with Gasteiger partial charge in [0.05, 0.1) is 0 Å². The van der Waals surface area contributed by atoms with Gasteiger partial charge in [0.1, 0.15) is 0 Å². The maximum atomic E-state index is 4.12. The Kier molecular flexibility index (Phi) is 2.74. The predicted molar refractivity (Wildman–Crippen MR) is 38.5 cm³/mol. The van der Waals surface area contributed by atoms with E-state index in [0.29, 0.717) is 0 Å². The van der Waals surface area contributed by atoms with Gasteiger partial charge >= 0.3 is 0 Å². The first-order valence-electron chi connectivity index (χ1n) is 3.07. The van der Waals surface area contributed by atoms with E-state index in [0.717, 1.165) is 6.54 Å². The smallest absolute Gasteiger partial charge is 0.0357 e. The zero-order valence-electron chi connectivity index (χ0n) is 6.23. The minimum Gasteiger partial charge on any atom is -0.297 e. The van der Waals surface area contributed by atoms with Gasteiger partial charge in [-0.25, -0.2) is 0 Å². The molecule has 0 rings (SSSR count). The Hall–Kier alpha value is -0.330. The molecule has 0 spiro atoms. The van der Waals surface area contributed by atoms with Crippen molar-refractivity contribution in [3.63, 3.8) is 0 Å². The second-order valence-corrected chi connectivity index (χ2v) is 2.99. The zero-order valence-corrected chi connectivity index (χ0v) is 6.23. The second kappa shape index (κ2) is 2.85. The molecule has 0 N–H and O–H groups in total. The van der Waals surface area contributed by atoms with Crippen molar-refractivity contribution in [3.8, 4) is 0 Å². The van der Waals surface area contributed by atoms with Gasteiger partial charge in [-0.05, 0) is 12.3 Å². The van der Waals surface area contributed by atoms with Crippen molar-refractivity contribution in [3.05, 3.63) is 0 Å². The fraction of sp³-hybridized carbons (Fsp3) is 0.857. The minimum atomic E-state index is 0.260. The lowest BCUT2D eigenvalue weighted by molar-refractivity contribution is 0.604. The number of aliphatic imine (C=N–C) groups is 1. The lowest BCUT2D eigenvalue weighted by Crippen LogP contribution is -2.05. The van der Waals surface area contributed by atoms with E-state index in [4.69, 9.17) is 0 Å². The normalized spacial score (nSPS) is 13.0. The summed E-state index contributed by atoms with van der Waals surface area (Å²) in [5.74, 6) is 0. The molecule has 0 aliphatic carbocycles. The molecule has 0 saturated carbocycles. The molecule has 0 aromatic rings. The van der Waals surface area contributed by atoms with Gasteiger partial charge in [0.2, 0.25) is 0 Å². The van der Waals surface area contributed by atoms with Gasteiger partial charge < -0.3 is 0 Å². The van der Waals surface area contributed by atoms with Crippen LogP contribution >= 0.6 is 0 Å². The summed E-state index contributed by atoms with van der Waals surface area (Å²) < 4.78 is 0. The fourth-order valence-electron chi connectivity index (χ4n) is 0.365. The molecule has 0 unspecified atom stereocenters. The second-order valence-electron chi connectivity index (χ2n) is 2.99. The van der Waals surface area contributed by atoms with Crippen LogP contribution in [0.5, 0.6) is 0 Å². The van der Waals surface area contributed by atoms with Crippen LogP contribution in [0.3, 0.4) is 0 Å². The molecule has 0 aromatic carbocycles. The molecular formula is C7H15N. The van der Waals surface area contributed by atoms with Crippen LogP contribution in [0.4, 0.5) is 0 Å². The van der Waals surface area contributed by atoms with Crippen molar-refractivity contribution in [1.82, 2.24) is 0 Å². The molecule has 0 aliphatic rings. The first kappa shape index (κ1) is 7.67. The molecule has 0 aromatic heterocycles. The van der Waals surface area contributed by atoms with Crippen LogP contribution in [-0.2, 0) is 0 Å². The highest BCUT2D eigenvalue weighted by atomic mass is 14.7. The van der Waals surface area contributed by atoms with Crippen LogP contribution in [0.2, 0.25) is 0 Å². The molecule has 0 radical (unpaired) electrons. The maximum absolute atomic E-state index is 4.12. The highest BCUT2D eigenvalue weighted by Gasteiger charge is 2.03. The third-order valence-corrected chi connectivity index (χ3v) is 0.661. The van der Waals surface area contributed by atoms with Gasteiger partial charge in [0, 0.05) is 12.8 Å². The largest absolute Gasteiger partial charge is 0.297 e. The third-order valence-electron chi connectivity index (χ3n) is 0.661. The molecular weight excluding hydrogens is 98.1 g/mol. The lowest BCUT2D eigenvalue weighted by Gasteiger charge is -2.08. The van der Waals surface area contributed by atoms with Crippen molar-refractivity contribution in [2.75, 3.05) is 6.54 Å². The van der Waals surface area contributed by atoms with Crippen molar-refractivity contribution < 1.29 is 0 Å². The fourth-order valence-corrected chi connectivity index (χ4v) is 0.365. The summed E-state index contributed by atoms with van der Waals surface area (Å²) in [6, 6.07) is 0. The molecule has 0 amide bonds. The summed E-state index contributed by atoms with van der Waals surface area (Å²) in [5, 5.41) is 0. The van der Waals surface area contributed by atoms with Crippen molar-refractivity contribution in [2.24, 2.45) is 10.4 Å². The Labute approximate surface area is 51.8 Å². The van der Waals surface area contributed by atoms with Crippen LogP contribution in [0.15, 0.2) is 4.99 Å². The Morgan fingerprint density at radius 3 is 2.00 bits per heavy atom. The van der Waals surface area contributed by atoms with Crippen LogP contribution in [-0.4, -0.2) is 12.8 Å². The summed E-state index contributed by atoms with van der Waals surface area (Å²) in [5.41, 5.74) is 0.260. The van der Waals surface area contributed by atoms with E-state index in [9.17, 15) is 0 Å². The van der Waals surface area contributed by atoms with Crippen molar-refractivity contribution >= 4 is 6.21 Å². The quantitative estimate of drug-likeness (QED) is 0.462. The molecule has 0 aliphatic heterocycles. The number of hydrogen-bond acceptors (Lipinski definition) is 1. The topological polar surface area (TPSA) is 12.4 Å². The molecule has 0 bridgehead atoms. The molecule has 48 valence electrons. The van der Waals surface area contributed by atoms with E-state index in [-0.39, 0.29) is 5.41 Å². The number of hydrogen-bond donors (Lipinski definition) is 0. The number of nitrogens with zero attached hydrogens (tertiary/aromatic N) is 1. The van der Waals surface area contributed by atoms with Gasteiger partial charge in [-0.1, -0.05) is 20.8 Å². The molecule has 8 heavy (non-hydrogen) atoms. The first-order valence-corrected chi connectivity index (χ1v) is 3.07. The number of rotatable bonds is 1. The molecule has 1 nitrogen and oxygen atoms in total. The maximum Gasteiger partial charge on any atom is 0.0357 e. The summed E-state index contributed by atoms with van der Waals surface area (Å²) in [6.07, 6.45) is 1.99. The Bertz CT molecular complexity index is 76.9. The van der Waals surface area contributed by atoms with Crippen molar-refractivity contribution in [1.29, 1.82) is 0 Å².